The molecule has 0 saturated carbocycles. The predicted molar refractivity (Wildman–Crippen MR) is 80.2 cm³/mol. The van der Waals surface area contributed by atoms with Gasteiger partial charge in [0, 0.05) is 6.42 Å². The van der Waals surface area contributed by atoms with Crippen LogP contribution in [0.5, 0.6) is 0 Å². The van der Waals surface area contributed by atoms with Gasteiger partial charge in [-0.05, 0) is 47.6 Å². The Morgan fingerprint density at radius 3 is 2.68 bits per heavy atom. The molecule has 0 aliphatic heterocycles. The Hall–Kier alpha value is -1.60. The molecular weight excluding hydrogens is 232 g/mol. The van der Waals surface area contributed by atoms with Gasteiger partial charge in [-0.3, -0.25) is 0 Å². The average Bonchev–Trinajstić information content (AvgIpc) is 2.48. The van der Waals surface area contributed by atoms with Crippen molar-refractivity contribution in [3.8, 4) is 0 Å². The lowest BCUT2D eigenvalue weighted by Gasteiger charge is -2.19. The maximum absolute atomic E-state index is 10.4. The zero-order valence-corrected chi connectivity index (χ0v) is 11.2. The normalized spacial score (nSPS) is 17.2. The number of aliphatic hydroxyl groups excluding tert-OH is 1. The highest BCUT2D eigenvalue weighted by Crippen LogP contribution is 2.25. The molecule has 0 fully saturated rings. The SMILES string of the molecule is OC(Cc1cccc2ccccc12)C1=CCCCC1. The largest absolute Gasteiger partial charge is 0.388 e. The summed E-state index contributed by atoms with van der Waals surface area (Å²) in [6.07, 6.45) is 7.33. The molecule has 3 rings (SSSR count). The molecule has 1 aliphatic carbocycles. The second-order valence-corrected chi connectivity index (χ2v) is 5.38. The van der Waals surface area contributed by atoms with E-state index in [0.717, 1.165) is 19.3 Å². The minimum atomic E-state index is -0.314. The van der Waals surface area contributed by atoms with Crippen LogP contribution in [0, 0.1) is 0 Å². The van der Waals surface area contributed by atoms with Gasteiger partial charge in [-0.1, -0.05) is 48.5 Å². The second kappa shape index (κ2) is 5.58. The van der Waals surface area contributed by atoms with Crippen molar-refractivity contribution >= 4 is 10.8 Å². The van der Waals surface area contributed by atoms with Crippen LogP contribution < -0.4 is 0 Å². The number of benzene rings is 2. The van der Waals surface area contributed by atoms with E-state index in [2.05, 4.69) is 48.5 Å². The van der Waals surface area contributed by atoms with Gasteiger partial charge in [-0.2, -0.15) is 0 Å². The first-order valence-electron chi connectivity index (χ1n) is 7.18. The lowest BCUT2D eigenvalue weighted by atomic mass is 9.91. The van der Waals surface area contributed by atoms with Gasteiger partial charge in [0.25, 0.3) is 0 Å². The Balaban J connectivity index is 1.87. The summed E-state index contributed by atoms with van der Waals surface area (Å²) in [5, 5.41) is 12.9. The topological polar surface area (TPSA) is 20.2 Å². The lowest BCUT2D eigenvalue weighted by molar-refractivity contribution is 0.204. The molecule has 0 heterocycles. The van der Waals surface area contributed by atoms with Crippen molar-refractivity contribution in [3.05, 3.63) is 59.7 Å². The fourth-order valence-electron chi connectivity index (χ4n) is 2.98. The van der Waals surface area contributed by atoms with Crippen molar-refractivity contribution in [1.82, 2.24) is 0 Å². The van der Waals surface area contributed by atoms with E-state index in [1.54, 1.807) is 0 Å². The number of aliphatic hydroxyl groups is 1. The van der Waals surface area contributed by atoms with E-state index in [4.69, 9.17) is 0 Å². The van der Waals surface area contributed by atoms with Gasteiger partial charge in [0.1, 0.15) is 0 Å². The molecular formula is C18H20O. The van der Waals surface area contributed by atoms with Crippen molar-refractivity contribution in [3.63, 3.8) is 0 Å². The van der Waals surface area contributed by atoms with Crippen molar-refractivity contribution in [2.24, 2.45) is 0 Å². The van der Waals surface area contributed by atoms with E-state index in [1.165, 1.54) is 34.8 Å². The van der Waals surface area contributed by atoms with E-state index >= 15 is 0 Å². The molecule has 1 unspecified atom stereocenters. The second-order valence-electron chi connectivity index (χ2n) is 5.38. The van der Waals surface area contributed by atoms with Crippen molar-refractivity contribution in [2.45, 2.75) is 38.2 Å². The van der Waals surface area contributed by atoms with Crippen LogP contribution in [-0.2, 0) is 6.42 Å². The summed E-state index contributed by atoms with van der Waals surface area (Å²) >= 11 is 0. The van der Waals surface area contributed by atoms with Gasteiger partial charge in [-0.25, -0.2) is 0 Å². The first-order valence-corrected chi connectivity index (χ1v) is 7.18. The fraction of sp³-hybridized carbons (Fsp3) is 0.333. The van der Waals surface area contributed by atoms with Gasteiger partial charge >= 0.3 is 0 Å². The third kappa shape index (κ3) is 2.71. The van der Waals surface area contributed by atoms with Gasteiger partial charge in [-0.15, -0.1) is 0 Å². The molecule has 0 bridgehead atoms. The van der Waals surface area contributed by atoms with Gasteiger partial charge in [0.15, 0.2) is 0 Å². The zero-order chi connectivity index (χ0) is 13.1. The Bertz CT molecular complexity index is 592. The average molecular weight is 252 g/mol. The number of hydrogen-bond acceptors (Lipinski definition) is 1. The van der Waals surface area contributed by atoms with Crippen LogP contribution in [0.3, 0.4) is 0 Å². The van der Waals surface area contributed by atoms with E-state index in [-0.39, 0.29) is 6.10 Å². The monoisotopic (exact) mass is 252 g/mol. The number of rotatable bonds is 3. The van der Waals surface area contributed by atoms with Crippen LogP contribution in [0.2, 0.25) is 0 Å². The van der Waals surface area contributed by atoms with Crippen molar-refractivity contribution < 1.29 is 5.11 Å². The maximum Gasteiger partial charge on any atom is 0.0790 e. The molecule has 1 heteroatoms. The minimum absolute atomic E-state index is 0.314. The van der Waals surface area contributed by atoms with Crippen LogP contribution >= 0.6 is 0 Å². The third-order valence-corrected chi connectivity index (χ3v) is 4.05. The lowest BCUT2D eigenvalue weighted by Crippen LogP contribution is -2.15. The maximum atomic E-state index is 10.4. The van der Waals surface area contributed by atoms with Gasteiger partial charge < -0.3 is 5.11 Å². The van der Waals surface area contributed by atoms with Crippen LogP contribution in [0.15, 0.2) is 54.1 Å². The zero-order valence-electron chi connectivity index (χ0n) is 11.2. The van der Waals surface area contributed by atoms with Gasteiger partial charge in [0.05, 0.1) is 6.10 Å². The Morgan fingerprint density at radius 2 is 1.84 bits per heavy atom. The molecule has 1 atom stereocenters. The quantitative estimate of drug-likeness (QED) is 0.810. The molecule has 2 aromatic carbocycles. The summed E-state index contributed by atoms with van der Waals surface area (Å²) in [7, 11) is 0. The molecule has 0 saturated heterocycles. The first-order chi connectivity index (χ1) is 9.34. The minimum Gasteiger partial charge on any atom is -0.388 e. The molecule has 0 radical (unpaired) electrons. The molecule has 1 aliphatic rings. The van der Waals surface area contributed by atoms with Crippen LogP contribution in [0.25, 0.3) is 10.8 Å². The Morgan fingerprint density at radius 1 is 1.00 bits per heavy atom. The van der Waals surface area contributed by atoms with E-state index in [0.29, 0.717) is 0 Å². The van der Waals surface area contributed by atoms with Crippen molar-refractivity contribution in [2.75, 3.05) is 0 Å². The summed E-state index contributed by atoms with van der Waals surface area (Å²) in [6, 6.07) is 14.8. The molecule has 98 valence electrons. The number of fused-ring (bicyclic) bond motifs is 1. The van der Waals surface area contributed by atoms with Gasteiger partial charge in [0.2, 0.25) is 0 Å². The molecule has 1 N–H and O–H groups in total. The summed E-state index contributed by atoms with van der Waals surface area (Å²) in [4.78, 5) is 0. The van der Waals surface area contributed by atoms with Crippen LogP contribution in [0.4, 0.5) is 0 Å². The molecule has 0 amide bonds. The molecule has 19 heavy (non-hydrogen) atoms. The van der Waals surface area contributed by atoms with Crippen LogP contribution in [-0.4, -0.2) is 11.2 Å². The molecule has 0 spiro atoms. The summed E-state index contributed by atoms with van der Waals surface area (Å²) in [6.45, 7) is 0. The van der Waals surface area contributed by atoms with Crippen molar-refractivity contribution in [1.29, 1.82) is 0 Å². The highest BCUT2D eigenvalue weighted by molar-refractivity contribution is 5.85. The van der Waals surface area contributed by atoms with E-state index < -0.39 is 0 Å². The van der Waals surface area contributed by atoms with E-state index in [1.807, 2.05) is 0 Å². The summed E-state index contributed by atoms with van der Waals surface area (Å²) < 4.78 is 0. The molecule has 0 aromatic heterocycles. The van der Waals surface area contributed by atoms with Crippen LogP contribution in [0.1, 0.15) is 31.2 Å². The smallest absolute Gasteiger partial charge is 0.0790 e. The molecule has 2 aromatic rings. The number of allylic oxidation sites excluding steroid dienone is 1. The predicted octanol–water partition coefficient (Wildman–Crippen LogP) is 4.24. The number of hydrogen-bond donors (Lipinski definition) is 1. The summed E-state index contributed by atoms with van der Waals surface area (Å²) in [5.74, 6) is 0. The standard InChI is InChI=1S/C18H20O/c19-18(15-8-2-1-3-9-15)13-16-11-6-10-14-7-4-5-12-17(14)16/h4-8,10-12,18-19H,1-3,9,13H2. The highest BCUT2D eigenvalue weighted by Gasteiger charge is 2.14. The first kappa shape index (κ1) is 12.4. The Kier molecular flexibility index (Phi) is 3.65. The highest BCUT2D eigenvalue weighted by atomic mass is 16.3. The third-order valence-electron chi connectivity index (χ3n) is 4.05. The molecule has 1 nitrogen and oxygen atoms in total. The van der Waals surface area contributed by atoms with E-state index in [9.17, 15) is 5.11 Å². The summed E-state index contributed by atoms with van der Waals surface area (Å²) in [5.41, 5.74) is 2.48. The Labute approximate surface area is 114 Å². The fourth-order valence-corrected chi connectivity index (χ4v) is 2.98.